The molecule has 0 amide bonds. The van der Waals surface area contributed by atoms with Crippen LogP contribution in [0.25, 0.3) is 28.2 Å². The molecule has 3 heterocycles. The number of benzene rings is 3. The van der Waals surface area contributed by atoms with E-state index in [0.717, 1.165) is 26.9 Å². The van der Waals surface area contributed by atoms with Crippen LogP contribution in [0.2, 0.25) is 5.02 Å². The van der Waals surface area contributed by atoms with Crippen LogP contribution in [0.3, 0.4) is 0 Å². The molecule has 1 N–H and O–H groups in total. The van der Waals surface area contributed by atoms with Gasteiger partial charge >= 0.3 is 12.1 Å². The zero-order valence-electron chi connectivity index (χ0n) is 23.2. The van der Waals surface area contributed by atoms with Crippen molar-refractivity contribution in [3.8, 4) is 17.0 Å². The number of alkyl halides is 3. The van der Waals surface area contributed by atoms with Gasteiger partial charge in [-0.05, 0) is 42.3 Å². The van der Waals surface area contributed by atoms with E-state index < -0.39 is 35.0 Å². The van der Waals surface area contributed by atoms with Gasteiger partial charge in [-0.15, -0.1) is 0 Å². The topological polar surface area (TPSA) is 85.7 Å². The van der Waals surface area contributed by atoms with Crippen LogP contribution in [-0.4, -0.2) is 35.4 Å². The van der Waals surface area contributed by atoms with E-state index in [-0.39, 0.29) is 21.5 Å². The van der Waals surface area contributed by atoms with Crippen molar-refractivity contribution in [2.24, 2.45) is 4.99 Å². The Morgan fingerprint density at radius 1 is 1.09 bits per heavy atom. The van der Waals surface area contributed by atoms with Crippen molar-refractivity contribution in [1.82, 2.24) is 9.55 Å². The average molecular weight is 638 g/mol. The number of para-hydroxylation sites is 1. The van der Waals surface area contributed by atoms with Gasteiger partial charge in [0.05, 0.1) is 41.1 Å². The van der Waals surface area contributed by atoms with Gasteiger partial charge in [-0.1, -0.05) is 77.5 Å². The first-order chi connectivity index (χ1) is 21.1. The van der Waals surface area contributed by atoms with Crippen molar-refractivity contribution in [1.29, 1.82) is 0 Å². The lowest BCUT2D eigenvalue weighted by Gasteiger charge is -2.26. The molecule has 3 aromatic carbocycles. The van der Waals surface area contributed by atoms with E-state index in [4.69, 9.17) is 21.1 Å². The third-order valence-corrected chi connectivity index (χ3v) is 8.41. The minimum atomic E-state index is -5.00. The van der Waals surface area contributed by atoms with Crippen LogP contribution in [-0.2, 0) is 9.53 Å². The van der Waals surface area contributed by atoms with E-state index >= 15 is 0 Å². The number of fused-ring (bicyclic) bond motifs is 2. The van der Waals surface area contributed by atoms with E-state index in [1.807, 2.05) is 42.5 Å². The number of aromatic nitrogens is 2. The number of aromatic amines is 1. The molecule has 0 spiro atoms. The molecule has 0 bridgehead atoms. The molecule has 1 aliphatic rings. The molecule has 0 radical (unpaired) electrons. The molecule has 5 aromatic rings. The predicted octanol–water partition coefficient (Wildman–Crippen LogP) is 6.15. The molecule has 1 aliphatic heterocycles. The Morgan fingerprint density at radius 2 is 1.82 bits per heavy atom. The lowest BCUT2D eigenvalue weighted by molar-refractivity contribution is -0.140. The number of thiazole rings is 1. The zero-order chi connectivity index (χ0) is 31.2. The number of halogens is 4. The van der Waals surface area contributed by atoms with E-state index in [0.29, 0.717) is 27.5 Å². The van der Waals surface area contributed by atoms with E-state index in [2.05, 4.69) is 9.98 Å². The van der Waals surface area contributed by atoms with Gasteiger partial charge in [-0.25, -0.2) is 9.79 Å². The SMILES string of the molecule is CCOC(=O)C1=C(C(F)(F)F)N=c2s/c(=C\c3c(-c4ccccc4)[nH]c4c(OC)cccc34)c(=O)n2[C@H]1c1ccc(Cl)cc1. The zero-order valence-corrected chi connectivity index (χ0v) is 24.8. The maximum absolute atomic E-state index is 14.5. The van der Waals surface area contributed by atoms with Gasteiger partial charge in [-0.2, -0.15) is 13.2 Å². The number of hydrogen-bond acceptors (Lipinski definition) is 6. The Morgan fingerprint density at radius 3 is 2.48 bits per heavy atom. The molecule has 2 aromatic heterocycles. The highest BCUT2D eigenvalue weighted by molar-refractivity contribution is 7.07. The smallest absolute Gasteiger partial charge is 0.434 e. The normalized spacial score (nSPS) is 15.3. The number of hydrogen-bond donors (Lipinski definition) is 1. The van der Waals surface area contributed by atoms with Crippen molar-refractivity contribution in [2.75, 3.05) is 13.7 Å². The van der Waals surface area contributed by atoms with Gasteiger partial charge in [0, 0.05) is 16.0 Å². The van der Waals surface area contributed by atoms with Crippen molar-refractivity contribution in [3.63, 3.8) is 0 Å². The second kappa shape index (κ2) is 11.5. The summed E-state index contributed by atoms with van der Waals surface area (Å²) in [5, 5.41) is 1.08. The van der Waals surface area contributed by atoms with Crippen LogP contribution in [0.1, 0.15) is 24.1 Å². The summed E-state index contributed by atoms with van der Waals surface area (Å²) in [4.78, 5) is 34.3. The summed E-state index contributed by atoms with van der Waals surface area (Å²) in [7, 11) is 1.55. The lowest BCUT2D eigenvalue weighted by Crippen LogP contribution is -2.41. The third-order valence-electron chi connectivity index (χ3n) is 7.17. The maximum Gasteiger partial charge on any atom is 0.434 e. The van der Waals surface area contributed by atoms with E-state index in [1.165, 1.54) is 31.2 Å². The predicted molar refractivity (Wildman–Crippen MR) is 163 cm³/mol. The van der Waals surface area contributed by atoms with Gasteiger partial charge in [-0.3, -0.25) is 9.36 Å². The quantitative estimate of drug-likeness (QED) is 0.226. The molecular formula is C32H23ClF3N3O4S. The van der Waals surface area contributed by atoms with E-state index in [1.54, 1.807) is 19.3 Å². The number of methoxy groups -OCH3 is 1. The minimum absolute atomic E-state index is 0.121. The molecule has 0 aliphatic carbocycles. The fourth-order valence-electron chi connectivity index (χ4n) is 5.30. The first kappa shape index (κ1) is 29.5. The molecule has 224 valence electrons. The molecule has 1 atom stereocenters. The lowest BCUT2D eigenvalue weighted by atomic mass is 9.95. The van der Waals surface area contributed by atoms with Crippen LogP contribution in [0.5, 0.6) is 5.75 Å². The Hall–Kier alpha value is -4.61. The highest BCUT2D eigenvalue weighted by Gasteiger charge is 2.45. The minimum Gasteiger partial charge on any atom is -0.495 e. The number of nitrogens with zero attached hydrogens (tertiary/aromatic N) is 2. The van der Waals surface area contributed by atoms with Gasteiger partial charge in [0.2, 0.25) is 0 Å². The van der Waals surface area contributed by atoms with Crippen LogP contribution < -0.4 is 19.6 Å². The molecule has 44 heavy (non-hydrogen) atoms. The van der Waals surface area contributed by atoms with Crippen molar-refractivity contribution < 1.29 is 27.4 Å². The second-order valence-electron chi connectivity index (χ2n) is 9.78. The Bertz CT molecular complexity index is 2110. The number of rotatable bonds is 6. The Labute approximate surface area is 257 Å². The summed E-state index contributed by atoms with van der Waals surface area (Å²) in [6.45, 7) is 1.32. The molecular weight excluding hydrogens is 615 g/mol. The Balaban J connectivity index is 1.67. The fraction of sp³-hybridized carbons (Fsp3) is 0.156. The maximum atomic E-state index is 14.5. The van der Waals surface area contributed by atoms with Crippen LogP contribution in [0.15, 0.2) is 93.9 Å². The summed E-state index contributed by atoms with van der Waals surface area (Å²) in [6.07, 6.45) is -3.37. The molecule has 7 nitrogen and oxygen atoms in total. The molecule has 6 rings (SSSR count). The molecule has 0 fully saturated rings. The first-order valence-electron chi connectivity index (χ1n) is 13.4. The molecule has 0 unspecified atom stereocenters. The van der Waals surface area contributed by atoms with Gasteiger partial charge in [0.25, 0.3) is 5.56 Å². The van der Waals surface area contributed by atoms with E-state index in [9.17, 15) is 22.8 Å². The van der Waals surface area contributed by atoms with Gasteiger partial charge < -0.3 is 14.5 Å². The number of ether oxygens (including phenoxy) is 2. The summed E-state index contributed by atoms with van der Waals surface area (Å²) in [5.74, 6) is -0.634. The number of carbonyl (C=O) groups excluding carboxylic acids is 1. The van der Waals surface area contributed by atoms with Crippen LogP contribution in [0, 0.1) is 0 Å². The summed E-state index contributed by atoms with van der Waals surface area (Å²) >= 11 is 6.87. The summed E-state index contributed by atoms with van der Waals surface area (Å²) in [6, 6.07) is 19.3. The highest BCUT2D eigenvalue weighted by Crippen LogP contribution is 2.39. The monoisotopic (exact) mass is 637 g/mol. The summed E-state index contributed by atoms with van der Waals surface area (Å²) < 4.78 is 55.2. The number of esters is 1. The van der Waals surface area contributed by atoms with Crippen molar-refractivity contribution >= 4 is 45.9 Å². The standard InChI is InChI=1S/C32H23ClF3N3O4S/c1-3-43-30(41)24-27(18-12-14-19(33)15-13-18)39-29(40)23(44-31(39)38-28(24)32(34,35)36)16-21-20-10-7-11-22(42-2)26(20)37-25(21)17-8-5-4-6-9-17/h4-16,27,37H,3H2,1-2H3/b23-16-/t27-/m0/s1. The van der Waals surface area contributed by atoms with Crippen molar-refractivity contribution in [3.05, 3.63) is 120 Å². The number of carbonyl (C=O) groups is 1. The first-order valence-corrected chi connectivity index (χ1v) is 14.6. The average Bonchev–Trinajstić information content (AvgIpc) is 3.54. The number of nitrogens with one attached hydrogen (secondary N) is 1. The number of allylic oxidation sites excluding steroid dienone is 1. The fourth-order valence-corrected chi connectivity index (χ4v) is 6.40. The largest absolute Gasteiger partial charge is 0.495 e. The van der Waals surface area contributed by atoms with Crippen molar-refractivity contribution in [2.45, 2.75) is 19.1 Å². The molecule has 0 saturated carbocycles. The molecule has 0 saturated heterocycles. The van der Waals surface area contributed by atoms with Gasteiger partial charge in [0.1, 0.15) is 5.75 Å². The van der Waals surface area contributed by atoms with Crippen LogP contribution in [0.4, 0.5) is 13.2 Å². The Kier molecular flexibility index (Phi) is 7.68. The second-order valence-corrected chi connectivity index (χ2v) is 11.2. The molecule has 12 heteroatoms. The third kappa shape index (κ3) is 5.11. The highest BCUT2D eigenvalue weighted by atomic mass is 35.5. The number of H-pyrrole nitrogens is 1. The van der Waals surface area contributed by atoms with Crippen LogP contribution >= 0.6 is 22.9 Å². The summed E-state index contributed by atoms with van der Waals surface area (Å²) in [5.41, 5.74) is 0.278. The van der Waals surface area contributed by atoms with Gasteiger partial charge in [0.15, 0.2) is 10.5 Å².